The topological polar surface area (TPSA) is 60.8 Å². The number of rotatable bonds is 3. The fourth-order valence-electron chi connectivity index (χ4n) is 3.73. The highest BCUT2D eigenvalue weighted by Crippen LogP contribution is 2.23. The molecule has 6 nitrogen and oxygen atoms in total. The molecule has 6 heteroatoms. The Balaban J connectivity index is 1.62. The summed E-state index contributed by atoms with van der Waals surface area (Å²) in [5.41, 5.74) is 1.66. The molecule has 1 unspecified atom stereocenters. The molecule has 1 saturated heterocycles. The summed E-state index contributed by atoms with van der Waals surface area (Å²) < 4.78 is 13.0. The Morgan fingerprint density at radius 2 is 2.07 bits per heavy atom. The third-order valence-corrected chi connectivity index (χ3v) is 5.25. The van der Waals surface area contributed by atoms with Gasteiger partial charge in [-0.15, -0.1) is 0 Å². The maximum atomic E-state index is 13.2. The van der Waals surface area contributed by atoms with E-state index >= 15 is 0 Å². The van der Waals surface area contributed by atoms with E-state index in [1.54, 1.807) is 15.7 Å². The second kappa shape index (κ2) is 7.56. The van der Waals surface area contributed by atoms with Gasteiger partial charge in [0.1, 0.15) is 17.9 Å². The van der Waals surface area contributed by atoms with Crippen molar-refractivity contribution in [1.29, 1.82) is 0 Å². The molecular formula is C21H24N2O4. The van der Waals surface area contributed by atoms with E-state index in [1.807, 2.05) is 37.3 Å². The first-order valence-corrected chi connectivity index (χ1v) is 9.45. The molecule has 2 aliphatic rings. The largest absolute Gasteiger partial charge is 0.491 e. The maximum absolute atomic E-state index is 13.2. The summed E-state index contributed by atoms with van der Waals surface area (Å²) in [6, 6.07) is 9.55. The fourth-order valence-corrected chi connectivity index (χ4v) is 3.73. The average molecular weight is 368 g/mol. The molecule has 0 bridgehead atoms. The first-order chi connectivity index (χ1) is 13.1. The van der Waals surface area contributed by atoms with E-state index in [9.17, 15) is 9.59 Å². The number of hydrogen-bond donors (Lipinski definition) is 0. The van der Waals surface area contributed by atoms with Gasteiger partial charge < -0.3 is 18.9 Å². The van der Waals surface area contributed by atoms with Crippen molar-refractivity contribution in [2.75, 3.05) is 19.8 Å². The van der Waals surface area contributed by atoms with Crippen LogP contribution in [0.1, 0.15) is 34.3 Å². The number of ether oxygens (including phenoxy) is 2. The van der Waals surface area contributed by atoms with Crippen LogP contribution in [0.15, 0.2) is 41.3 Å². The second-order valence-electron chi connectivity index (χ2n) is 7.15. The number of para-hydroxylation sites is 1. The summed E-state index contributed by atoms with van der Waals surface area (Å²) in [6.45, 7) is 4.35. The zero-order chi connectivity index (χ0) is 18.8. The van der Waals surface area contributed by atoms with Crippen LogP contribution in [0.3, 0.4) is 0 Å². The van der Waals surface area contributed by atoms with Crippen LogP contribution in [0.5, 0.6) is 5.75 Å². The molecule has 1 amide bonds. The van der Waals surface area contributed by atoms with Gasteiger partial charge in [0.15, 0.2) is 0 Å². The minimum atomic E-state index is -0.242. The van der Waals surface area contributed by atoms with Gasteiger partial charge in [0.2, 0.25) is 0 Å². The molecule has 0 spiro atoms. The predicted octanol–water partition coefficient (Wildman–Crippen LogP) is 2.37. The van der Waals surface area contributed by atoms with Crippen molar-refractivity contribution in [3.05, 3.63) is 63.6 Å². The zero-order valence-corrected chi connectivity index (χ0v) is 15.5. The molecule has 27 heavy (non-hydrogen) atoms. The predicted molar refractivity (Wildman–Crippen MR) is 101 cm³/mol. The molecule has 0 N–H and O–H groups in total. The van der Waals surface area contributed by atoms with Gasteiger partial charge in [-0.1, -0.05) is 18.2 Å². The van der Waals surface area contributed by atoms with Crippen molar-refractivity contribution in [2.24, 2.45) is 0 Å². The summed E-state index contributed by atoms with van der Waals surface area (Å²) in [5.74, 6) is 0.563. The average Bonchev–Trinajstić information content (AvgIpc) is 3.08. The minimum Gasteiger partial charge on any atom is -0.491 e. The Morgan fingerprint density at radius 3 is 2.89 bits per heavy atom. The quantitative estimate of drug-likeness (QED) is 0.835. The number of pyridine rings is 1. The van der Waals surface area contributed by atoms with E-state index in [2.05, 4.69) is 0 Å². The van der Waals surface area contributed by atoms with Gasteiger partial charge in [0, 0.05) is 24.9 Å². The lowest BCUT2D eigenvalue weighted by Gasteiger charge is -2.21. The van der Waals surface area contributed by atoms with Crippen molar-refractivity contribution in [3.63, 3.8) is 0 Å². The van der Waals surface area contributed by atoms with E-state index in [0.29, 0.717) is 31.8 Å². The van der Waals surface area contributed by atoms with Crippen LogP contribution >= 0.6 is 0 Å². The summed E-state index contributed by atoms with van der Waals surface area (Å²) >= 11 is 0. The molecule has 1 fully saturated rings. The van der Waals surface area contributed by atoms with Gasteiger partial charge in [-0.05, 0) is 37.5 Å². The highest BCUT2D eigenvalue weighted by atomic mass is 16.5. The molecule has 1 aromatic carbocycles. The van der Waals surface area contributed by atoms with Gasteiger partial charge in [-0.3, -0.25) is 9.59 Å². The van der Waals surface area contributed by atoms with Crippen molar-refractivity contribution in [2.45, 2.75) is 39.0 Å². The van der Waals surface area contributed by atoms with Gasteiger partial charge in [0.25, 0.3) is 11.5 Å². The zero-order valence-electron chi connectivity index (χ0n) is 15.5. The maximum Gasteiger partial charge on any atom is 0.263 e. The Kier molecular flexibility index (Phi) is 4.99. The molecule has 0 aliphatic carbocycles. The number of hydrogen-bond acceptors (Lipinski definition) is 4. The highest BCUT2D eigenvalue weighted by Gasteiger charge is 2.26. The summed E-state index contributed by atoms with van der Waals surface area (Å²) in [6.07, 6.45) is 3.78. The molecule has 142 valence electrons. The lowest BCUT2D eigenvalue weighted by Crippen LogP contribution is -2.39. The van der Waals surface area contributed by atoms with Crippen LogP contribution in [-0.2, 0) is 17.8 Å². The van der Waals surface area contributed by atoms with Crippen LogP contribution < -0.4 is 10.3 Å². The Morgan fingerprint density at radius 1 is 1.22 bits per heavy atom. The van der Waals surface area contributed by atoms with Crippen LogP contribution in [0.4, 0.5) is 0 Å². The third-order valence-electron chi connectivity index (χ3n) is 5.25. The molecule has 0 radical (unpaired) electrons. The normalized spacial score (nSPS) is 19.3. The number of amides is 1. The second-order valence-corrected chi connectivity index (χ2v) is 7.15. The van der Waals surface area contributed by atoms with Crippen molar-refractivity contribution >= 4 is 5.91 Å². The van der Waals surface area contributed by atoms with Crippen LogP contribution in [0, 0.1) is 6.92 Å². The standard InChI is InChI=1S/C21H24N2O4/c1-15-8-9-22(14-17-6-4-11-26-17)20(24)19(15)21(25)23-10-12-27-18-7-3-2-5-16(18)13-23/h2-3,5,7-9,17H,4,6,10-14H2,1H3. The lowest BCUT2D eigenvalue weighted by atomic mass is 10.1. The lowest BCUT2D eigenvalue weighted by molar-refractivity contribution is 0.0727. The monoisotopic (exact) mass is 368 g/mol. The number of benzene rings is 1. The number of carbonyl (C=O) groups excluding carboxylic acids is 1. The van der Waals surface area contributed by atoms with E-state index in [0.717, 1.165) is 30.8 Å². The molecular weight excluding hydrogens is 344 g/mol. The number of aryl methyl sites for hydroxylation is 1. The number of fused-ring (bicyclic) bond motifs is 1. The van der Waals surface area contributed by atoms with Crippen LogP contribution in [-0.4, -0.2) is 41.2 Å². The van der Waals surface area contributed by atoms with Crippen molar-refractivity contribution < 1.29 is 14.3 Å². The first kappa shape index (κ1) is 17.8. The Hall–Kier alpha value is -2.60. The van der Waals surface area contributed by atoms with Crippen molar-refractivity contribution in [1.82, 2.24) is 9.47 Å². The molecule has 4 rings (SSSR count). The molecule has 1 aromatic heterocycles. The van der Waals surface area contributed by atoms with E-state index < -0.39 is 0 Å². The molecule has 2 aromatic rings. The summed E-state index contributed by atoms with van der Waals surface area (Å²) in [7, 11) is 0. The van der Waals surface area contributed by atoms with Crippen LogP contribution in [0.2, 0.25) is 0 Å². The third kappa shape index (κ3) is 3.62. The van der Waals surface area contributed by atoms with Gasteiger partial charge in [0.05, 0.1) is 19.2 Å². The van der Waals surface area contributed by atoms with Crippen molar-refractivity contribution in [3.8, 4) is 5.75 Å². The number of nitrogens with zero attached hydrogens (tertiary/aromatic N) is 2. The van der Waals surface area contributed by atoms with Gasteiger partial charge in [-0.25, -0.2) is 0 Å². The SMILES string of the molecule is Cc1ccn(CC2CCCO2)c(=O)c1C(=O)N1CCOc2ccccc2C1. The fraction of sp³-hybridized carbons (Fsp3) is 0.429. The van der Waals surface area contributed by atoms with Gasteiger partial charge in [-0.2, -0.15) is 0 Å². The van der Waals surface area contributed by atoms with E-state index in [4.69, 9.17) is 9.47 Å². The number of aromatic nitrogens is 1. The Bertz CT molecular complexity index is 899. The molecule has 3 heterocycles. The van der Waals surface area contributed by atoms with E-state index in [-0.39, 0.29) is 23.1 Å². The Labute approximate surface area is 158 Å². The first-order valence-electron chi connectivity index (χ1n) is 9.45. The molecule has 2 aliphatic heterocycles. The molecule has 0 saturated carbocycles. The highest BCUT2D eigenvalue weighted by molar-refractivity contribution is 5.95. The summed E-state index contributed by atoms with van der Waals surface area (Å²) in [5, 5.41) is 0. The van der Waals surface area contributed by atoms with E-state index in [1.165, 1.54) is 0 Å². The smallest absolute Gasteiger partial charge is 0.263 e. The number of carbonyl (C=O) groups is 1. The minimum absolute atomic E-state index is 0.0480. The summed E-state index contributed by atoms with van der Waals surface area (Å²) in [4.78, 5) is 27.9. The van der Waals surface area contributed by atoms with Crippen LogP contribution in [0.25, 0.3) is 0 Å². The van der Waals surface area contributed by atoms with Gasteiger partial charge >= 0.3 is 0 Å². The molecule has 1 atom stereocenters.